The molecule has 5 heteroatoms. The Balaban J connectivity index is 1.72. The molecule has 2 aromatic rings. The number of benzene rings is 2. The van der Waals surface area contributed by atoms with E-state index in [1.165, 1.54) is 6.07 Å². The second-order valence-electron chi connectivity index (χ2n) is 5.30. The summed E-state index contributed by atoms with van der Waals surface area (Å²) >= 11 is 5.99. The number of methoxy groups -OCH3 is 1. The Bertz CT molecular complexity index is 599. The molecule has 0 fully saturated rings. The summed E-state index contributed by atoms with van der Waals surface area (Å²) in [6, 6.07) is 12.0. The van der Waals surface area contributed by atoms with Gasteiger partial charge in [-0.25, -0.2) is 4.39 Å². The van der Waals surface area contributed by atoms with Crippen molar-refractivity contribution in [1.82, 2.24) is 5.32 Å². The molecular formula is C18H21ClFNO2. The maximum absolute atomic E-state index is 13.6. The van der Waals surface area contributed by atoms with E-state index in [0.717, 1.165) is 17.7 Å². The van der Waals surface area contributed by atoms with Crippen molar-refractivity contribution in [2.24, 2.45) is 0 Å². The number of halogens is 2. The number of nitrogens with one attached hydrogen (secondary N) is 1. The third-order valence-corrected chi connectivity index (χ3v) is 4.03. The molecule has 1 atom stereocenters. The maximum Gasteiger partial charge on any atom is 0.127 e. The summed E-state index contributed by atoms with van der Waals surface area (Å²) in [4.78, 5) is 0. The van der Waals surface area contributed by atoms with E-state index in [4.69, 9.17) is 16.3 Å². The first-order valence-electron chi connectivity index (χ1n) is 7.57. The second kappa shape index (κ2) is 8.87. The van der Waals surface area contributed by atoms with Gasteiger partial charge in [-0.2, -0.15) is 0 Å². The van der Waals surface area contributed by atoms with Gasteiger partial charge in [0.25, 0.3) is 0 Å². The topological polar surface area (TPSA) is 41.5 Å². The second-order valence-corrected chi connectivity index (χ2v) is 5.70. The van der Waals surface area contributed by atoms with Gasteiger partial charge in [-0.05, 0) is 49.2 Å². The predicted octanol–water partition coefficient (Wildman–Crippen LogP) is 3.74. The van der Waals surface area contributed by atoms with E-state index in [0.29, 0.717) is 30.1 Å². The Kier molecular flexibility index (Phi) is 6.84. The standard InChI is InChI=1S/C18H21ClFNO2/c1-23-14-9-7-13(8-10-14)18(22)12-21-11-3-4-15-16(19)5-2-6-17(15)20/h2,5-10,18,21-22H,3-4,11-12H2,1H3. The highest BCUT2D eigenvalue weighted by Gasteiger charge is 2.08. The largest absolute Gasteiger partial charge is 0.497 e. The van der Waals surface area contributed by atoms with Crippen LogP contribution in [0.3, 0.4) is 0 Å². The number of aliphatic hydroxyl groups is 1. The molecule has 0 aliphatic rings. The van der Waals surface area contributed by atoms with Crippen LogP contribution in [0.15, 0.2) is 42.5 Å². The lowest BCUT2D eigenvalue weighted by molar-refractivity contribution is 0.174. The lowest BCUT2D eigenvalue weighted by atomic mass is 10.1. The smallest absolute Gasteiger partial charge is 0.127 e. The average molecular weight is 338 g/mol. The van der Waals surface area contributed by atoms with Gasteiger partial charge in [0.1, 0.15) is 11.6 Å². The summed E-state index contributed by atoms with van der Waals surface area (Å²) in [5.41, 5.74) is 1.38. The third kappa shape index (κ3) is 5.20. The van der Waals surface area contributed by atoms with Crippen LogP contribution in [-0.2, 0) is 6.42 Å². The summed E-state index contributed by atoms with van der Waals surface area (Å²) in [6.45, 7) is 1.12. The lowest BCUT2D eigenvalue weighted by Crippen LogP contribution is -2.23. The number of hydrogen-bond acceptors (Lipinski definition) is 3. The molecule has 3 nitrogen and oxygen atoms in total. The van der Waals surface area contributed by atoms with Crippen molar-refractivity contribution in [3.63, 3.8) is 0 Å². The van der Waals surface area contributed by atoms with Crippen molar-refractivity contribution in [3.8, 4) is 5.75 Å². The molecule has 0 aliphatic heterocycles. The monoisotopic (exact) mass is 337 g/mol. The Morgan fingerprint density at radius 2 is 1.96 bits per heavy atom. The molecule has 0 amide bonds. The fraction of sp³-hybridized carbons (Fsp3) is 0.333. The number of rotatable bonds is 8. The maximum atomic E-state index is 13.6. The zero-order chi connectivity index (χ0) is 16.7. The van der Waals surface area contributed by atoms with Gasteiger partial charge in [0.05, 0.1) is 13.2 Å². The van der Waals surface area contributed by atoms with Crippen LogP contribution in [0.5, 0.6) is 5.75 Å². The number of aliphatic hydroxyl groups excluding tert-OH is 1. The summed E-state index contributed by atoms with van der Waals surface area (Å²) in [6.07, 6.45) is 0.727. The van der Waals surface area contributed by atoms with Crippen molar-refractivity contribution in [2.45, 2.75) is 18.9 Å². The molecule has 124 valence electrons. The molecule has 0 radical (unpaired) electrons. The predicted molar refractivity (Wildman–Crippen MR) is 90.6 cm³/mol. The summed E-state index contributed by atoms with van der Waals surface area (Å²) < 4.78 is 18.7. The van der Waals surface area contributed by atoms with Gasteiger partial charge in [-0.15, -0.1) is 0 Å². The van der Waals surface area contributed by atoms with Crippen molar-refractivity contribution >= 4 is 11.6 Å². The van der Waals surface area contributed by atoms with Gasteiger partial charge >= 0.3 is 0 Å². The van der Waals surface area contributed by atoms with Crippen molar-refractivity contribution in [3.05, 3.63) is 64.4 Å². The van der Waals surface area contributed by atoms with Crippen molar-refractivity contribution in [1.29, 1.82) is 0 Å². The summed E-state index contributed by atoms with van der Waals surface area (Å²) in [5, 5.41) is 13.7. The molecule has 0 heterocycles. The minimum absolute atomic E-state index is 0.268. The Morgan fingerprint density at radius 3 is 2.61 bits per heavy atom. The number of hydrogen-bond donors (Lipinski definition) is 2. The highest BCUT2D eigenvalue weighted by molar-refractivity contribution is 6.31. The minimum Gasteiger partial charge on any atom is -0.497 e. The molecule has 0 aromatic heterocycles. The Hall–Kier alpha value is -1.62. The Morgan fingerprint density at radius 1 is 1.22 bits per heavy atom. The van der Waals surface area contributed by atoms with Crippen LogP contribution in [0.2, 0.25) is 5.02 Å². The molecule has 0 aliphatic carbocycles. The molecular weight excluding hydrogens is 317 g/mol. The highest BCUT2D eigenvalue weighted by Crippen LogP contribution is 2.20. The first-order chi connectivity index (χ1) is 11.1. The SMILES string of the molecule is COc1ccc(C(O)CNCCCc2c(F)cccc2Cl)cc1. The normalized spacial score (nSPS) is 12.2. The molecule has 2 rings (SSSR count). The van der Waals surface area contributed by atoms with Crippen molar-refractivity contribution in [2.75, 3.05) is 20.2 Å². The summed E-state index contributed by atoms with van der Waals surface area (Å²) in [5.74, 6) is 0.492. The first kappa shape index (κ1) is 17.7. The Labute approximate surface area is 141 Å². The third-order valence-electron chi connectivity index (χ3n) is 3.68. The molecule has 0 bridgehead atoms. The first-order valence-corrected chi connectivity index (χ1v) is 7.95. The van der Waals surface area contributed by atoms with Gasteiger partial charge in [0.2, 0.25) is 0 Å². The minimum atomic E-state index is -0.585. The van der Waals surface area contributed by atoms with Crippen LogP contribution in [-0.4, -0.2) is 25.3 Å². The lowest BCUT2D eigenvalue weighted by Gasteiger charge is -2.13. The van der Waals surface area contributed by atoms with Crippen LogP contribution in [0.1, 0.15) is 23.7 Å². The van der Waals surface area contributed by atoms with Gasteiger partial charge in [0, 0.05) is 17.1 Å². The fourth-order valence-corrected chi connectivity index (χ4v) is 2.60. The van der Waals surface area contributed by atoms with E-state index in [1.807, 2.05) is 24.3 Å². The van der Waals surface area contributed by atoms with Gasteiger partial charge in [-0.1, -0.05) is 29.8 Å². The van der Waals surface area contributed by atoms with E-state index in [9.17, 15) is 9.50 Å². The number of ether oxygens (including phenoxy) is 1. The molecule has 1 unspecified atom stereocenters. The molecule has 2 N–H and O–H groups in total. The van der Waals surface area contributed by atoms with Gasteiger partial charge in [0.15, 0.2) is 0 Å². The quantitative estimate of drug-likeness (QED) is 0.721. The summed E-state index contributed by atoms with van der Waals surface area (Å²) in [7, 11) is 1.61. The van der Waals surface area contributed by atoms with Crippen LogP contribution in [0.4, 0.5) is 4.39 Å². The van der Waals surface area contributed by atoms with Gasteiger partial charge < -0.3 is 15.2 Å². The molecule has 0 saturated carbocycles. The van der Waals surface area contributed by atoms with E-state index < -0.39 is 6.10 Å². The van der Waals surface area contributed by atoms with Crippen LogP contribution >= 0.6 is 11.6 Å². The zero-order valence-corrected chi connectivity index (χ0v) is 13.8. The molecule has 0 spiro atoms. The van der Waals surface area contributed by atoms with E-state index in [-0.39, 0.29) is 5.82 Å². The van der Waals surface area contributed by atoms with Gasteiger partial charge in [-0.3, -0.25) is 0 Å². The average Bonchev–Trinajstić information content (AvgIpc) is 2.56. The van der Waals surface area contributed by atoms with Crippen LogP contribution < -0.4 is 10.1 Å². The fourth-order valence-electron chi connectivity index (χ4n) is 2.34. The van der Waals surface area contributed by atoms with E-state index in [1.54, 1.807) is 19.2 Å². The van der Waals surface area contributed by atoms with Crippen LogP contribution in [0, 0.1) is 5.82 Å². The van der Waals surface area contributed by atoms with Crippen LogP contribution in [0.25, 0.3) is 0 Å². The van der Waals surface area contributed by atoms with E-state index in [2.05, 4.69) is 5.32 Å². The zero-order valence-electron chi connectivity index (χ0n) is 13.1. The molecule has 0 saturated heterocycles. The van der Waals surface area contributed by atoms with Crippen molar-refractivity contribution < 1.29 is 14.2 Å². The molecule has 23 heavy (non-hydrogen) atoms. The molecule has 2 aromatic carbocycles. The van der Waals surface area contributed by atoms with E-state index >= 15 is 0 Å². The highest BCUT2D eigenvalue weighted by atomic mass is 35.5.